The van der Waals surface area contributed by atoms with Gasteiger partial charge in [-0.2, -0.15) is 0 Å². The van der Waals surface area contributed by atoms with E-state index in [1.807, 2.05) is 0 Å². The van der Waals surface area contributed by atoms with Gasteiger partial charge in [0.1, 0.15) is 17.2 Å². The highest BCUT2D eigenvalue weighted by Gasteiger charge is 2.55. The van der Waals surface area contributed by atoms with E-state index in [0.717, 1.165) is 12.3 Å². The molecule has 1 heterocycles. The lowest BCUT2D eigenvalue weighted by Crippen LogP contribution is -2.45. The minimum atomic E-state index is -0.580. The second-order valence-corrected chi connectivity index (χ2v) is 6.15. The number of hydrogen-bond donors (Lipinski definition) is 1. The van der Waals surface area contributed by atoms with Gasteiger partial charge in [0.25, 0.3) is 0 Å². The summed E-state index contributed by atoms with van der Waals surface area (Å²) in [6, 6.07) is 4.48. The molecule has 4 atom stereocenters. The summed E-state index contributed by atoms with van der Waals surface area (Å²) in [5.41, 5.74) is 0.441. The van der Waals surface area contributed by atoms with Crippen LogP contribution >= 0.6 is 0 Å². The van der Waals surface area contributed by atoms with Gasteiger partial charge >= 0.3 is 0 Å². The van der Waals surface area contributed by atoms with Crippen LogP contribution in [0.3, 0.4) is 0 Å². The van der Waals surface area contributed by atoms with Crippen LogP contribution < -0.4 is 4.74 Å². The van der Waals surface area contributed by atoms with Crippen LogP contribution in [-0.2, 0) is 0 Å². The molecule has 0 amide bonds. The molecule has 2 fully saturated rings. The Morgan fingerprint density at radius 1 is 1.28 bits per heavy atom. The van der Waals surface area contributed by atoms with Crippen molar-refractivity contribution in [3.8, 4) is 5.75 Å². The van der Waals surface area contributed by atoms with E-state index in [1.54, 1.807) is 6.07 Å². The Kier molecular flexibility index (Phi) is 2.08. The molecule has 1 aromatic rings. The summed E-state index contributed by atoms with van der Waals surface area (Å²) in [5, 5.41) is 10.3. The Hall–Kier alpha value is -1.09. The van der Waals surface area contributed by atoms with E-state index in [-0.39, 0.29) is 11.4 Å². The molecule has 2 saturated carbocycles. The molecule has 2 nitrogen and oxygen atoms in total. The van der Waals surface area contributed by atoms with E-state index in [4.69, 9.17) is 4.74 Å². The second kappa shape index (κ2) is 3.47. The van der Waals surface area contributed by atoms with Crippen LogP contribution in [0.1, 0.15) is 43.8 Å². The van der Waals surface area contributed by atoms with Crippen molar-refractivity contribution in [2.24, 2.45) is 11.8 Å². The molecule has 4 rings (SSSR count). The predicted molar refractivity (Wildman–Crippen MR) is 64.8 cm³/mol. The number of halogens is 1. The van der Waals surface area contributed by atoms with E-state index in [2.05, 4.69) is 0 Å². The summed E-state index contributed by atoms with van der Waals surface area (Å²) in [6.07, 6.45) is 4.87. The molecule has 4 unspecified atom stereocenters. The summed E-state index contributed by atoms with van der Waals surface area (Å²) in [6.45, 7) is 0. The number of aliphatic hydroxyl groups is 1. The van der Waals surface area contributed by atoms with Gasteiger partial charge in [-0.05, 0) is 55.7 Å². The highest BCUT2D eigenvalue weighted by atomic mass is 19.1. The van der Waals surface area contributed by atoms with Crippen molar-refractivity contribution in [1.29, 1.82) is 0 Å². The zero-order chi connectivity index (χ0) is 12.3. The summed E-state index contributed by atoms with van der Waals surface area (Å²) in [7, 11) is 0. The van der Waals surface area contributed by atoms with Crippen LogP contribution in [0.5, 0.6) is 5.75 Å². The Balaban J connectivity index is 1.74. The minimum Gasteiger partial charge on any atom is -0.486 e. The second-order valence-electron chi connectivity index (χ2n) is 6.15. The third kappa shape index (κ3) is 1.37. The van der Waals surface area contributed by atoms with Gasteiger partial charge in [-0.1, -0.05) is 0 Å². The van der Waals surface area contributed by atoms with Crippen LogP contribution in [0.4, 0.5) is 4.39 Å². The number of fused-ring (bicyclic) bond motifs is 4. The van der Waals surface area contributed by atoms with E-state index in [9.17, 15) is 9.50 Å². The lowest BCUT2D eigenvalue weighted by atomic mass is 9.77. The van der Waals surface area contributed by atoms with Crippen molar-refractivity contribution in [3.63, 3.8) is 0 Å². The normalized spacial score (nSPS) is 40.9. The predicted octanol–water partition coefficient (Wildman–Crippen LogP) is 3.20. The fourth-order valence-corrected chi connectivity index (χ4v) is 4.34. The van der Waals surface area contributed by atoms with Crippen LogP contribution in [0.25, 0.3) is 0 Å². The maximum Gasteiger partial charge on any atom is 0.126 e. The summed E-state index contributed by atoms with van der Waals surface area (Å²) in [5.74, 6) is 1.72. The standard InChI is InChI=1S/C15H17FO2/c16-11-3-4-14-12(6-11)13(17)8-15(18-14)7-9-1-2-10(15)5-9/h3-4,6,9-10,13,17H,1-2,5,7-8H2. The third-order valence-electron chi connectivity index (χ3n) is 5.10. The molecule has 18 heavy (non-hydrogen) atoms. The van der Waals surface area contributed by atoms with Gasteiger partial charge in [0.05, 0.1) is 6.10 Å². The van der Waals surface area contributed by atoms with E-state index in [0.29, 0.717) is 23.7 Å². The minimum absolute atomic E-state index is 0.173. The fraction of sp³-hybridized carbons (Fsp3) is 0.600. The van der Waals surface area contributed by atoms with Crippen LogP contribution in [0.15, 0.2) is 18.2 Å². The first-order chi connectivity index (χ1) is 8.66. The first-order valence-corrected chi connectivity index (χ1v) is 6.83. The molecule has 3 aliphatic rings. The van der Waals surface area contributed by atoms with Gasteiger partial charge in [0.2, 0.25) is 0 Å². The zero-order valence-electron chi connectivity index (χ0n) is 10.2. The van der Waals surface area contributed by atoms with Crippen LogP contribution in [0, 0.1) is 17.7 Å². The van der Waals surface area contributed by atoms with Gasteiger partial charge < -0.3 is 9.84 Å². The van der Waals surface area contributed by atoms with Crippen molar-refractivity contribution in [2.45, 2.75) is 43.8 Å². The average Bonchev–Trinajstić information content (AvgIpc) is 2.91. The molecule has 2 aliphatic carbocycles. The Bertz CT molecular complexity index is 501. The quantitative estimate of drug-likeness (QED) is 0.764. The van der Waals surface area contributed by atoms with E-state index in [1.165, 1.54) is 31.4 Å². The molecular formula is C15H17FO2. The van der Waals surface area contributed by atoms with Gasteiger partial charge in [-0.3, -0.25) is 0 Å². The number of rotatable bonds is 0. The highest BCUT2D eigenvalue weighted by Crippen LogP contribution is 2.57. The lowest BCUT2D eigenvalue weighted by molar-refractivity contribution is -0.0510. The first kappa shape index (κ1) is 10.8. The molecule has 2 bridgehead atoms. The topological polar surface area (TPSA) is 29.5 Å². The molecule has 1 aliphatic heterocycles. The summed E-state index contributed by atoms with van der Waals surface area (Å²) < 4.78 is 19.4. The van der Waals surface area contributed by atoms with Crippen molar-refractivity contribution in [2.75, 3.05) is 0 Å². The van der Waals surface area contributed by atoms with Crippen molar-refractivity contribution in [1.82, 2.24) is 0 Å². The maximum atomic E-state index is 13.2. The monoisotopic (exact) mass is 248 g/mol. The smallest absolute Gasteiger partial charge is 0.126 e. The highest BCUT2D eigenvalue weighted by molar-refractivity contribution is 5.39. The molecule has 3 heteroatoms. The first-order valence-electron chi connectivity index (χ1n) is 6.83. The average molecular weight is 248 g/mol. The molecule has 1 spiro atoms. The van der Waals surface area contributed by atoms with Crippen LogP contribution in [0.2, 0.25) is 0 Å². The maximum absolute atomic E-state index is 13.2. The summed E-state index contributed by atoms with van der Waals surface area (Å²) >= 11 is 0. The van der Waals surface area contributed by atoms with Crippen molar-refractivity contribution in [3.05, 3.63) is 29.6 Å². The van der Waals surface area contributed by atoms with Gasteiger partial charge in [0.15, 0.2) is 0 Å². The molecule has 1 aromatic carbocycles. The van der Waals surface area contributed by atoms with Crippen LogP contribution in [-0.4, -0.2) is 10.7 Å². The zero-order valence-corrected chi connectivity index (χ0v) is 10.2. The largest absolute Gasteiger partial charge is 0.486 e. The Morgan fingerprint density at radius 2 is 2.17 bits per heavy atom. The molecule has 1 N–H and O–H groups in total. The summed E-state index contributed by atoms with van der Waals surface area (Å²) in [4.78, 5) is 0. The fourth-order valence-electron chi connectivity index (χ4n) is 4.34. The van der Waals surface area contributed by atoms with Crippen molar-refractivity contribution >= 4 is 0 Å². The third-order valence-corrected chi connectivity index (χ3v) is 5.10. The molecule has 96 valence electrons. The molecular weight excluding hydrogens is 231 g/mol. The lowest BCUT2D eigenvalue weighted by Gasteiger charge is -2.43. The number of benzene rings is 1. The van der Waals surface area contributed by atoms with E-state index >= 15 is 0 Å². The van der Waals surface area contributed by atoms with Gasteiger partial charge in [0, 0.05) is 12.0 Å². The molecule has 0 radical (unpaired) electrons. The SMILES string of the molecule is OC1CC2(CC3CCC2C3)Oc2ccc(F)cc21. The van der Waals surface area contributed by atoms with Crippen molar-refractivity contribution < 1.29 is 14.2 Å². The number of ether oxygens (including phenoxy) is 1. The Morgan fingerprint density at radius 3 is 2.89 bits per heavy atom. The van der Waals surface area contributed by atoms with Gasteiger partial charge in [-0.25, -0.2) is 4.39 Å². The molecule has 0 aromatic heterocycles. The van der Waals surface area contributed by atoms with Gasteiger partial charge in [-0.15, -0.1) is 0 Å². The number of hydrogen-bond acceptors (Lipinski definition) is 2. The van der Waals surface area contributed by atoms with E-state index < -0.39 is 6.10 Å². The number of aliphatic hydroxyl groups excluding tert-OH is 1. The molecule has 0 saturated heterocycles. The Labute approximate surface area is 106 Å².